The smallest absolute Gasteiger partial charge is 0.307 e. The zero-order valence-corrected chi connectivity index (χ0v) is 15.3. The summed E-state index contributed by atoms with van der Waals surface area (Å²) in [5.41, 5.74) is -3.33. The number of thioether (sulfide) groups is 1. The van der Waals surface area contributed by atoms with Gasteiger partial charge in [-0.05, 0) is 48.2 Å². The summed E-state index contributed by atoms with van der Waals surface area (Å²) in [6, 6.07) is 8.85. The SMILES string of the molecule is CSc1ccc(Oc2cc(CC(=O)O)cc(C(F)(F)P)c2)c(Cl)c1. The van der Waals surface area contributed by atoms with E-state index in [4.69, 9.17) is 21.4 Å². The maximum absolute atomic E-state index is 13.6. The maximum Gasteiger partial charge on any atom is 0.307 e. The largest absolute Gasteiger partial charge is 0.481 e. The number of carbonyl (C=O) groups is 1. The van der Waals surface area contributed by atoms with E-state index in [9.17, 15) is 13.6 Å². The first-order valence-electron chi connectivity index (χ1n) is 6.73. The van der Waals surface area contributed by atoms with Crippen molar-refractivity contribution in [3.63, 3.8) is 0 Å². The third kappa shape index (κ3) is 5.07. The van der Waals surface area contributed by atoms with Crippen molar-refractivity contribution in [2.24, 2.45) is 0 Å². The predicted molar refractivity (Wildman–Crippen MR) is 94.7 cm³/mol. The maximum atomic E-state index is 13.6. The van der Waals surface area contributed by atoms with Crippen LogP contribution in [0.4, 0.5) is 8.78 Å². The van der Waals surface area contributed by atoms with E-state index < -0.39 is 11.6 Å². The van der Waals surface area contributed by atoms with E-state index in [0.29, 0.717) is 10.8 Å². The number of rotatable bonds is 6. The lowest BCUT2D eigenvalue weighted by Crippen LogP contribution is -2.06. The van der Waals surface area contributed by atoms with E-state index in [-0.39, 0.29) is 23.3 Å². The first-order chi connectivity index (χ1) is 11.2. The molecule has 24 heavy (non-hydrogen) atoms. The Morgan fingerprint density at radius 3 is 2.58 bits per heavy atom. The van der Waals surface area contributed by atoms with Gasteiger partial charge in [-0.15, -0.1) is 11.8 Å². The Kier molecular flexibility index (Phi) is 6.07. The molecule has 0 aromatic heterocycles. The van der Waals surface area contributed by atoms with Crippen LogP contribution in [0, 0.1) is 0 Å². The van der Waals surface area contributed by atoms with Gasteiger partial charge in [0.25, 0.3) is 5.66 Å². The number of benzene rings is 2. The predicted octanol–water partition coefficient (Wildman–Crippen LogP) is 5.41. The van der Waals surface area contributed by atoms with Crippen molar-refractivity contribution in [1.29, 1.82) is 0 Å². The lowest BCUT2D eigenvalue weighted by molar-refractivity contribution is -0.136. The molecular formula is C16H14ClF2O3PS. The second-order valence-corrected chi connectivity index (χ2v) is 6.97. The van der Waals surface area contributed by atoms with Gasteiger partial charge >= 0.3 is 5.97 Å². The molecule has 0 aliphatic carbocycles. The normalized spacial score (nSPS) is 11.4. The highest BCUT2D eigenvalue weighted by molar-refractivity contribution is 7.98. The van der Waals surface area contributed by atoms with Crippen molar-refractivity contribution in [3.8, 4) is 11.5 Å². The Morgan fingerprint density at radius 2 is 2.04 bits per heavy atom. The average Bonchev–Trinajstić information content (AvgIpc) is 2.47. The summed E-state index contributed by atoms with van der Waals surface area (Å²) in [5, 5.41) is 9.22. The molecule has 0 radical (unpaired) electrons. The molecule has 2 aromatic carbocycles. The van der Waals surface area contributed by atoms with Gasteiger partial charge in [0.2, 0.25) is 0 Å². The Balaban J connectivity index is 2.40. The molecule has 1 atom stereocenters. The van der Waals surface area contributed by atoms with E-state index in [1.54, 1.807) is 18.2 Å². The highest BCUT2D eigenvalue weighted by Crippen LogP contribution is 2.39. The van der Waals surface area contributed by atoms with Crippen molar-refractivity contribution >= 4 is 38.6 Å². The number of carboxylic acids is 1. The van der Waals surface area contributed by atoms with Crippen LogP contribution < -0.4 is 4.74 Å². The third-order valence-corrected chi connectivity index (χ3v) is 4.43. The minimum Gasteiger partial charge on any atom is -0.481 e. The first-order valence-corrected chi connectivity index (χ1v) is 8.91. The van der Waals surface area contributed by atoms with E-state index in [0.717, 1.165) is 17.0 Å². The van der Waals surface area contributed by atoms with Crippen LogP contribution in [0.3, 0.4) is 0 Å². The zero-order chi connectivity index (χ0) is 17.9. The molecule has 0 saturated carbocycles. The van der Waals surface area contributed by atoms with Gasteiger partial charge in [-0.25, -0.2) is 0 Å². The molecule has 2 aromatic rings. The second-order valence-electron chi connectivity index (χ2n) is 4.96. The molecular weight excluding hydrogens is 377 g/mol. The quantitative estimate of drug-likeness (QED) is 0.529. The monoisotopic (exact) mass is 390 g/mol. The Morgan fingerprint density at radius 1 is 1.33 bits per heavy atom. The van der Waals surface area contributed by atoms with Crippen molar-refractivity contribution in [1.82, 2.24) is 0 Å². The summed E-state index contributed by atoms with van der Waals surface area (Å²) in [6.07, 6.45) is 1.51. The summed E-state index contributed by atoms with van der Waals surface area (Å²) in [4.78, 5) is 11.8. The van der Waals surface area contributed by atoms with Crippen molar-refractivity contribution in [3.05, 3.63) is 52.5 Å². The van der Waals surface area contributed by atoms with Crippen LogP contribution in [0.15, 0.2) is 41.3 Å². The molecule has 2 rings (SSSR count). The minimum atomic E-state index is -3.20. The molecule has 3 nitrogen and oxygen atoms in total. The number of ether oxygens (including phenoxy) is 1. The summed E-state index contributed by atoms with van der Waals surface area (Å²) >= 11 is 7.63. The van der Waals surface area contributed by atoms with Crippen LogP contribution >= 0.6 is 32.6 Å². The van der Waals surface area contributed by atoms with Gasteiger partial charge in [0.15, 0.2) is 0 Å². The molecule has 0 aliphatic heterocycles. The van der Waals surface area contributed by atoms with Gasteiger partial charge in [-0.1, -0.05) is 20.8 Å². The molecule has 128 valence electrons. The van der Waals surface area contributed by atoms with Crippen molar-refractivity contribution in [2.45, 2.75) is 17.0 Å². The zero-order valence-electron chi connectivity index (χ0n) is 12.6. The first kappa shape index (κ1) is 19.0. The van der Waals surface area contributed by atoms with Gasteiger partial charge in [0, 0.05) is 10.5 Å². The lowest BCUT2D eigenvalue weighted by atomic mass is 10.1. The van der Waals surface area contributed by atoms with Gasteiger partial charge in [-0.3, -0.25) is 4.79 Å². The van der Waals surface area contributed by atoms with Gasteiger partial charge in [0.1, 0.15) is 11.5 Å². The highest BCUT2D eigenvalue weighted by Gasteiger charge is 2.26. The standard InChI is InChI=1S/C16H14ClF2O3PS/c1-24-12-2-3-14(13(17)8-12)22-11-5-9(6-15(20)21)4-10(7-11)16(18,19)23/h2-5,7-8H,6,23H2,1H3,(H,20,21). The molecule has 0 saturated heterocycles. The molecule has 1 unspecified atom stereocenters. The number of aliphatic carboxylic acids is 1. The fourth-order valence-electron chi connectivity index (χ4n) is 2.01. The average molecular weight is 391 g/mol. The minimum absolute atomic E-state index is 0.102. The fraction of sp³-hybridized carbons (Fsp3) is 0.188. The van der Waals surface area contributed by atoms with Crippen LogP contribution in [0.2, 0.25) is 5.02 Å². The van der Waals surface area contributed by atoms with E-state index in [1.165, 1.54) is 27.1 Å². The molecule has 0 bridgehead atoms. The van der Waals surface area contributed by atoms with E-state index in [2.05, 4.69) is 0 Å². The van der Waals surface area contributed by atoms with Crippen molar-refractivity contribution < 1.29 is 23.4 Å². The Labute approximate surface area is 149 Å². The van der Waals surface area contributed by atoms with E-state index >= 15 is 0 Å². The van der Waals surface area contributed by atoms with Crippen LogP contribution in [0.25, 0.3) is 0 Å². The summed E-state index contributed by atoms with van der Waals surface area (Å²) in [7, 11) is 1.43. The van der Waals surface area contributed by atoms with Crippen LogP contribution in [0.5, 0.6) is 11.5 Å². The lowest BCUT2D eigenvalue weighted by Gasteiger charge is -2.15. The Hall–Kier alpha value is -1.36. The number of halogens is 3. The van der Waals surface area contributed by atoms with Crippen molar-refractivity contribution in [2.75, 3.05) is 6.26 Å². The number of alkyl halides is 2. The molecule has 0 fully saturated rings. The number of hydrogen-bond donors (Lipinski definition) is 1. The van der Waals surface area contributed by atoms with Gasteiger partial charge < -0.3 is 9.84 Å². The highest BCUT2D eigenvalue weighted by atomic mass is 35.5. The second kappa shape index (κ2) is 7.68. The van der Waals surface area contributed by atoms with Crippen LogP contribution in [-0.2, 0) is 16.9 Å². The molecule has 0 heterocycles. The Bertz CT molecular complexity index is 765. The third-order valence-electron chi connectivity index (χ3n) is 3.07. The van der Waals surface area contributed by atoms with Gasteiger partial charge in [0.05, 0.1) is 11.4 Å². The molecule has 1 N–H and O–H groups in total. The van der Waals surface area contributed by atoms with Crippen LogP contribution in [-0.4, -0.2) is 17.3 Å². The summed E-state index contributed by atoms with van der Waals surface area (Å²) in [6.45, 7) is 0. The summed E-state index contributed by atoms with van der Waals surface area (Å²) in [5.74, 6) is -0.711. The fourth-order valence-corrected chi connectivity index (χ4v) is 2.90. The molecule has 0 amide bonds. The molecule has 8 heteroatoms. The van der Waals surface area contributed by atoms with Gasteiger partial charge in [-0.2, -0.15) is 8.78 Å². The molecule has 0 aliphatic rings. The number of hydrogen-bond acceptors (Lipinski definition) is 3. The topological polar surface area (TPSA) is 46.5 Å². The molecule has 0 spiro atoms. The summed E-state index contributed by atoms with van der Waals surface area (Å²) < 4.78 is 32.8. The number of carboxylic acid groups (broad SMARTS) is 1. The van der Waals surface area contributed by atoms with Crippen LogP contribution in [0.1, 0.15) is 11.1 Å². The van der Waals surface area contributed by atoms with E-state index in [1.807, 2.05) is 6.26 Å².